The molecule has 0 bridgehead atoms. The predicted octanol–water partition coefficient (Wildman–Crippen LogP) is 16.7. The zero-order chi connectivity index (χ0) is 41.0. The first kappa shape index (κ1) is 35.7. The summed E-state index contributed by atoms with van der Waals surface area (Å²) in [6, 6.07) is 88.6. The summed E-state index contributed by atoms with van der Waals surface area (Å²) in [5.74, 6) is 0. The molecule has 0 aliphatic rings. The van der Waals surface area contributed by atoms with Crippen molar-refractivity contribution in [2.75, 3.05) is 4.90 Å². The van der Waals surface area contributed by atoms with Crippen LogP contribution in [-0.4, -0.2) is 4.57 Å². The summed E-state index contributed by atoms with van der Waals surface area (Å²) in [7, 11) is 0. The molecule has 0 aliphatic heterocycles. The van der Waals surface area contributed by atoms with Crippen LogP contribution in [0.1, 0.15) is 0 Å². The molecule has 1 aromatic heterocycles. The lowest BCUT2D eigenvalue weighted by Gasteiger charge is -2.30. The lowest BCUT2D eigenvalue weighted by Crippen LogP contribution is -2.13. The van der Waals surface area contributed by atoms with Crippen LogP contribution in [-0.2, 0) is 0 Å². The van der Waals surface area contributed by atoms with E-state index < -0.39 is 0 Å². The fourth-order valence-electron chi connectivity index (χ4n) is 9.86. The van der Waals surface area contributed by atoms with Gasteiger partial charge < -0.3 is 9.47 Å². The highest BCUT2D eigenvalue weighted by Gasteiger charge is 2.25. The van der Waals surface area contributed by atoms with E-state index in [0.29, 0.717) is 0 Å². The van der Waals surface area contributed by atoms with Crippen LogP contribution in [0.25, 0.3) is 93.2 Å². The van der Waals surface area contributed by atoms with E-state index in [0.717, 1.165) is 39.4 Å². The number of hydrogen-bond donors (Lipinski definition) is 0. The number of rotatable bonds is 7. The summed E-state index contributed by atoms with van der Waals surface area (Å²) >= 11 is 0. The maximum atomic E-state index is 2.50. The highest BCUT2D eigenvalue weighted by Crippen LogP contribution is 2.49. The highest BCUT2D eigenvalue weighted by molar-refractivity contribution is 6.16. The molecule has 2 heteroatoms. The van der Waals surface area contributed by atoms with E-state index >= 15 is 0 Å². The molecule has 0 fully saturated rings. The molecule has 0 amide bonds. The number of para-hydroxylation sites is 4. The monoisotopic (exact) mass is 788 g/mol. The van der Waals surface area contributed by atoms with E-state index in [1.165, 1.54) is 70.9 Å². The number of aromatic nitrogens is 1. The minimum atomic E-state index is 1.08. The number of anilines is 3. The Morgan fingerprint density at radius 1 is 0.306 bits per heavy atom. The molecule has 1 heterocycles. The maximum Gasteiger partial charge on any atom is 0.0782 e. The average Bonchev–Trinajstić information content (AvgIpc) is 3.69. The van der Waals surface area contributed by atoms with Crippen molar-refractivity contribution in [2.45, 2.75) is 0 Å². The smallest absolute Gasteiger partial charge is 0.0782 e. The fourth-order valence-corrected chi connectivity index (χ4v) is 9.86. The Morgan fingerprint density at radius 2 is 0.887 bits per heavy atom. The largest absolute Gasteiger partial charge is 0.308 e. The standard InChI is InChI=1S/C60H40N2/c1-3-18-41(19-4-1)49-31-14-21-43-22-15-33-54(59(43)49)52-28-9-11-35-56(52)61(58-37-17-34-55-53-29-10-12-36-57(53)62(60(55)58)45-24-5-2-6-25-45)46-26-13-23-44(40-46)48-30-16-32-50-47-27-8-7-20-42(47)38-39-51(48)50/h1-40H. The molecule has 2 nitrogen and oxygen atoms in total. The van der Waals surface area contributed by atoms with E-state index in [9.17, 15) is 0 Å². The Balaban J connectivity index is 1.16. The Hall–Kier alpha value is -8.20. The lowest BCUT2D eigenvalue weighted by molar-refractivity contribution is 1.17. The lowest BCUT2D eigenvalue weighted by atomic mass is 9.90. The highest BCUT2D eigenvalue weighted by atomic mass is 15.2. The van der Waals surface area contributed by atoms with E-state index in [1.54, 1.807) is 0 Å². The molecule has 290 valence electrons. The summed E-state index contributed by atoms with van der Waals surface area (Å²) in [6.45, 7) is 0. The molecule has 0 unspecified atom stereocenters. The van der Waals surface area contributed by atoms with Crippen molar-refractivity contribution < 1.29 is 0 Å². The van der Waals surface area contributed by atoms with Gasteiger partial charge in [0, 0.05) is 27.7 Å². The third kappa shape index (κ3) is 5.80. The van der Waals surface area contributed by atoms with Crippen molar-refractivity contribution in [3.63, 3.8) is 0 Å². The summed E-state index contributed by atoms with van der Waals surface area (Å²) in [6.07, 6.45) is 0. The molecule has 12 rings (SSSR count). The van der Waals surface area contributed by atoms with Crippen molar-refractivity contribution in [3.05, 3.63) is 243 Å². The van der Waals surface area contributed by atoms with Gasteiger partial charge in [-0.15, -0.1) is 0 Å². The van der Waals surface area contributed by atoms with Crippen LogP contribution in [0.15, 0.2) is 243 Å². The number of benzene rings is 11. The second-order valence-corrected chi connectivity index (χ2v) is 16.0. The number of hydrogen-bond acceptors (Lipinski definition) is 1. The van der Waals surface area contributed by atoms with Gasteiger partial charge in [0.05, 0.1) is 22.4 Å². The molecule has 62 heavy (non-hydrogen) atoms. The zero-order valence-corrected chi connectivity index (χ0v) is 34.0. The summed E-state index contributed by atoms with van der Waals surface area (Å²) in [4.78, 5) is 2.50. The maximum absolute atomic E-state index is 2.50. The van der Waals surface area contributed by atoms with Gasteiger partial charge in [0.2, 0.25) is 0 Å². The van der Waals surface area contributed by atoms with E-state index in [2.05, 4.69) is 252 Å². The van der Waals surface area contributed by atoms with Crippen LogP contribution in [0, 0.1) is 0 Å². The molecule has 0 spiro atoms. The van der Waals surface area contributed by atoms with Gasteiger partial charge in [-0.3, -0.25) is 0 Å². The quantitative estimate of drug-likeness (QED) is 0.146. The van der Waals surface area contributed by atoms with Crippen molar-refractivity contribution in [2.24, 2.45) is 0 Å². The van der Waals surface area contributed by atoms with Gasteiger partial charge in [0.15, 0.2) is 0 Å². The minimum absolute atomic E-state index is 1.08. The summed E-state index contributed by atoms with van der Waals surface area (Å²) in [5.41, 5.74) is 13.9. The molecule has 11 aromatic carbocycles. The topological polar surface area (TPSA) is 8.17 Å². The second-order valence-electron chi connectivity index (χ2n) is 16.0. The van der Waals surface area contributed by atoms with E-state index in [-0.39, 0.29) is 0 Å². The first-order valence-electron chi connectivity index (χ1n) is 21.4. The first-order chi connectivity index (χ1) is 30.8. The van der Waals surface area contributed by atoms with Crippen molar-refractivity contribution in [3.8, 4) is 39.1 Å². The summed E-state index contributed by atoms with van der Waals surface area (Å²) in [5, 5.41) is 9.89. The molecule has 0 saturated carbocycles. The van der Waals surface area contributed by atoms with Gasteiger partial charge in [-0.2, -0.15) is 0 Å². The molecule has 0 saturated heterocycles. The van der Waals surface area contributed by atoms with Crippen LogP contribution >= 0.6 is 0 Å². The number of fused-ring (bicyclic) bond motifs is 7. The van der Waals surface area contributed by atoms with Crippen molar-refractivity contribution in [1.29, 1.82) is 0 Å². The normalized spacial score (nSPS) is 11.5. The third-order valence-corrected chi connectivity index (χ3v) is 12.6. The third-order valence-electron chi connectivity index (χ3n) is 12.6. The van der Waals surface area contributed by atoms with Crippen molar-refractivity contribution in [1.82, 2.24) is 4.57 Å². The average molecular weight is 789 g/mol. The van der Waals surface area contributed by atoms with Gasteiger partial charge in [-0.25, -0.2) is 0 Å². The van der Waals surface area contributed by atoms with Crippen molar-refractivity contribution >= 4 is 71.2 Å². The van der Waals surface area contributed by atoms with E-state index in [1.807, 2.05) is 0 Å². The minimum Gasteiger partial charge on any atom is -0.308 e. The molecule has 12 aromatic rings. The number of nitrogens with zero attached hydrogens (tertiary/aromatic N) is 2. The Bertz CT molecular complexity index is 3630. The van der Waals surface area contributed by atoms with Gasteiger partial charge in [0.25, 0.3) is 0 Å². The predicted molar refractivity (Wildman–Crippen MR) is 264 cm³/mol. The molecular formula is C60H40N2. The molecule has 0 aliphatic carbocycles. The summed E-state index contributed by atoms with van der Waals surface area (Å²) < 4.78 is 2.45. The Kier molecular flexibility index (Phi) is 8.53. The zero-order valence-electron chi connectivity index (χ0n) is 34.0. The van der Waals surface area contributed by atoms with Crippen LogP contribution in [0.5, 0.6) is 0 Å². The van der Waals surface area contributed by atoms with Crippen LogP contribution in [0.2, 0.25) is 0 Å². The van der Waals surface area contributed by atoms with Gasteiger partial charge in [-0.1, -0.05) is 200 Å². The molecular weight excluding hydrogens is 749 g/mol. The SMILES string of the molecule is c1ccc(-c2cccc3cccc(-c4ccccc4N(c4cccc(-c5cccc6c5ccc5ccccc56)c4)c4cccc5c6ccccc6n(-c6ccccc6)c45)c23)cc1. The van der Waals surface area contributed by atoms with Gasteiger partial charge in [0.1, 0.15) is 0 Å². The fraction of sp³-hybridized carbons (Fsp3) is 0. The van der Waals surface area contributed by atoms with Crippen LogP contribution in [0.3, 0.4) is 0 Å². The molecule has 0 atom stereocenters. The van der Waals surface area contributed by atoms with Gasteiger partial charge >= 0.3 is 0 Å². The van der Waals surface area contributed by atoms with E-state index in [4.69, 9.17) is 0 Å². The molecule has 0 radical (unpaired) electrons. The Morgan fingerprint density at radius 3 is 1.76 bits per heavy atom. The first-order valence-corrected chi connectivity index (χ1v) is 21.4. The Labute approximate surface area is 360 Å². The van der Waals surface area contributed by atoms with Gasteiger partial charge in [-0.05, 0) is 103 Å². The van der Waals surface area contributed by atoms with Crippen LogP contribution < -0.4 is 4.90 Å². The molecule has 0 N–H and O–H groups in total. The second kappa shape index (κ2) is 14.8. The van der Waals surface area contributed by atoms with Crippen LogP contribution in [0.4, 0.5) is 17.1 Å².